The summed E-state index contributed by atoms with van der Waals surface area (Å²) in [5.74, 6) is -1.48. The number of rotatable bonds is 8. The second-order valence-corrected chi connectivity index (χ2v) is 32.9. The van der Waals surface area contributed by atoms with Crippen LogP contribution < -0.4 is 0 Å². The van der Waals surface area contributed by atoms with Crippen LogP contribution in [-0.2, 0) is 19.2 Å². The van der Waals surface area contributed by atoms with Crippen LogP contribution >= 0.6 is 63.7 Å². The van der Waals surface area contributed by atoms with E-state index in [-0.39, 0.29) is 89.4 Å². The van der Waals surface area contributed by atoms with Crippen molar-refractivity contribution in [3.8, 4) is 0 Å². The van der Waals surface area contributed by atoms with Crippen LogP contribution in [0.4, 0.5) is 0 Å². The van der Waals surface area contributed by atoms with Gasteiger partial charge in [-0.25, -0.2) is 0 Å². The van der Waals surface area contributed by atoms with Gasteiger partial charge >= 0.3 is 0 Å². The molecule has 8 aliphatic heterocycles. The van der Waals surface area contributed by atoms with Crippen molar-refractivity contribution in [3.63, 3.8) is 0 Å². The number of carbonyl (C=O) groups is 12. The normalized spacial score (nSPS) is 30.6. The molecule has 4 aromatic carbocycles. The number of nitrogens with zero attached hydrogens (tertiary/aromatic N) is 8. The molecule has 0 aromatic heterocycles. The van der Waals surface area contributed by atoms with Crippen LogP contribution in [0.25, 0.3) is 0 Å². The molecule has 0 unspecified atom stereocenters. The van der Waals surface area contributed by atoms with E-state index in [1.807, 2.05) is 37.5 Å². The summed E-state index contributed by atoms with van der Waals surface area (Å²) in [6, 6.07) is 25.2. The van der Waals surface area contributed by atoms with Crippen LogP contribution in [0.15, 0.2) is 97.1 Å². The minimum absolute atomic E-state index is 0.0650. The van der Waals surface area contributed by atoms with Crippen molar-refractivity contribution in [2.45, 2.75) is 147 Å². The smallest absolute Gasteiger partial charge is 0.262 e. The largest absolute Gasteiger partial charge is 0.338 e. The number of benzene rings is 4. The lowest BCUT2D eigenvalue weighted by Gasteiger charge is -2.30. The highest BCUT2D eigenvalue weighted by Gasteiger charge is 2.69. The minimum atomic E-state index is -0.707. The Morgan fingerprint density at radius 1 is 0.315 bits per heavy atom. The molecule has 8 fully saturated rings. The summed E-state index contributed by atoms with van der Waals surface area (Å²) in [5, 5.41) is 0. The number of carbonyl (C=O) groups excluding carboxylic acids is 12. The Morgan fingerprint density at radius 3 is 0.739 bits per heavy atom. The van der Waals surface area contributed by atoms with Crippen molar-refractivity contribution < 1.29 is 57.5 Å². The van der Waals surface area contributed by atoms with Crippen molar-refractivity contribution in [1.29, 1.82) is 0 Å². The van der Waals surface area contributed by atoms with E-state index in [0.717, 1.165) is 38.5 Å². The third kappa shape index (κ3) is 10.3. The van der Waals surface area contributed by atoms with Gasteiger partial charge < -0.3 is 19.6 Å². The molecule has 20 nitrogen and oxygen atoms in total. The summed E-state index contributed by atoms with van der Waals surface area (Å²) in [6.07, 6.45) is 7.67. The molecule has 8 heterocycles. The average molecular weight is 1510 g/mol. The number of likely N-dealkylation sites (N-methyl/N-ethyl adjacent to an activating group) is 4. The van der Waals surface area contributed by atoms with Gasteiger partial charge in [-0.15, -0.1) is 0 Å². The molecule has 0 bridgehead atoms. The van der Waals surface area contributed by atoms with E-state index in [1.54, 1.807) is 107 Å². The number of fused-ring (bicyclic) bond motifs is 8. The molecular weight excluding hydrogens is 1440 g/mol. The first-order valence-corrected chi connectivity index (χ1v) is 35.1. The summed E-state index contributed by atoms with van der Waals surface area (Å²) in [6.45, 7) is 10.1. The maximum atomic E-state index is 13.1. The van der Waals surface area contributed by atoms with Crippen molar-refractivity contribution in [2.24, 2.45) is 23.7 Å². The van der Waals surface area contributed by atoms with E-state index in [9.17, 15) is 57.5 Å². The fourth-order valence-corrected chi connectivity index (χ4v) is 19.5. The Labute approximate surface area is 565 Å². The van der Waals surface area contributed by atoms with Crippen LogP contribution in [0.5, 0.6) is 0 Å². The van der Waals surface area contributed by atoms with Crippen LogP contribution in [0.2, 0.25) is 0 Å². The van der Waals surface area contributed by atoms with Crippen molar-refractivity contribution in [3.05, 3.63) is 142 Å². The number of likely N-dealkylation sites (tertiary alicyclic amines) is 4. The molecule has 12 amide bonds. The molecular formula is C68H68Br4N8O12. The zero-order chi connectivity index (χ0) is 65.3. The lowest BCUT2D eigenvalue weighted by Crippen LogP contribution is -2.51. The van der Waals surface area contributed by atoms with E-state index in [4.69, 9.17) is 0 Å². The monoisotopic (exact) mass is 1500 g/mol. The van der Waals surface area contributed by atoms with Gasteiger partial charge in [-0.05, 0) is 152 Å². The lowest BCUT2D eigenvalue weighted by molar-refractivity contribution is -0.136. The first-order chi connectivity index (χ1) is 44.0. The Hall–Kier alpha value is -6.76. The van der Waals surface area contributed by atoms with Gasteiger partial charge in [-0.1, -0.05) is 112 Å². The summed E-state index contributed by atoms with van der Waals surface area (Å²) in [7, 11) is 0. The summed E-state index contributed by atoms with van der Waals surface area (Å²) in [4.78, 5) is 165. The number of halogens is 4. The molecule has 16 rings (SSSR count). The van der Waals surface area contributed by atoms with Crippen molar-refractivity contribution >= 4 is 135 Å². The van der Waals surface area contributed by atoms with E-state index < -0.39 is 24.2 Å². The fourth-order valence-electron chi connectivity index (χ4n) is 15.8. The van der Waals surface area contributed by atoms with Crippen LogP contribution in [0.1, 0.15) is 175 Å². The molecule has 0 radical (unpaired) electrons. The molecule has 0 N–H and O–H groups in total. The Balaban J connectivity index is 0.000000112. The zero-order valence-electron chi connectivity index (χ0n) is 51.1. The molecule has 12 aliphatic rings. The molecule has 92 heavy (non-hydrogen) atoms. The third-order valence-corrected chi connectivity index (χ3v) is 25.1. The average Bonchev–Trinajstić information content (AvgIpc) is 1.56. The molecule has 12 atom stereocenters. The van der Waals surface area contributed by atoms with Gasteiger partial charge in [0.15, 0.2) is 0 Å². The summed E-state index contributed by atoms with van der Waals surface area (Å²) in [5.41, 5.74) is 3.23. The number of hydrogen-bond acceptors (Lipinski definition) is 12. The maximum absolute atomic E-state index is 13.1. The van der Waals surface area contributed by atoms with Crippen LogP contribution in [0, 0.1) is 23.7 Å². The van der Waals surface area contributed by atoms with Gasteiger partial charge in [0.1, 0.15) is 30.6 Å². The highest BCUT2D eigenvalue weighted by atomic mass is 79.9. The molecule has 4 aliphatic carbocycles. The van der Waals surface area contributed by atoms with E-state index in [1.165, 1.54) is 19.6 Å². The Morgan fingerprint density at radius 2 is 0.522 bits per heavy atom. The van der Waals surface area contributed by atoms with E-state index >= 15 is 0 Å². The third-order valence-electron chi connectivity index (χ3n) is 20.9. The van der Waals surface area contributed by atoms with Gasteiger partial charge in [0.25, 0.3) is 47.3 Å². The molecule has 4 saturated carbocycles. The topological polar surface area (TPSA) is 231 Å². The maximum Gasteiger partial charge on any atom is 0.262 e. The summed E-state index contributed by atoms with van der Waals surface area (Å²) < 4.78 is -0.475. The Kier molecular flexibility index (Phi) is 16.8. The molecule has 480 valence electrons. The predicted molar refractivity (Wildman–Crippen MR) is 349 cm³/mol. The lowest BCUT2D eigenvalue weighted by atomic mass is 10.1. The standard InChI is InChI=1S/2C17H16Br2N2O3.2C17H18N2O3/c2*1-2-20-13-11(17(13,18)19)7-8-12(16(20)24)21-14(22)9-5-3-4-6-10(9)15(21)23;2*1-2-18-14-9-10(14)7-8-13(17(18)22)19-15(20)11-5-3-4-6-12(11)16(19)21/h2*3-6,11-13H,2,7-8H2,1H3;2*3-6,10,13-14H,2,7-9H2,1H3/t11-,12+,13-;11-,12-,13+;10-,13+,14+;10-,13-,14-/m1010/s1. The molecule has 0 spiro atoms. The second-order valence-electron chi connectivity index (χ2n) is 25.6. The second kappa shape index (κ2) is 24.2. The van der Waals surface area contributed by atoms with Gasteiger partial charge in [0, 0.05) is 50.1 Å². The minimum Gasteiger partial charge on any atom is -0.338 e. The number of alkyl halides is 4. The van der Waals surface area contributed by atoms with Crippen LogP contribution in [-0.4, -0.2) is 191 Å². The predicted octanol–water partition coefficient (Wildman–Crippen LogP) is 8.92. The molecule has 24 heteroatoms. The SMILES string of the molecule is CCN1C(=O)[C@@H](N2C(=O)c3ccccc3C2=O)CC[C@@H]2C[C@@H]21.CCN1C(=O)[C@@H](N2C(=O)c3ccccc3C2=O)CC[C@@H]2[C@@H]1C2(Br)Br.CCN1C(=O)[C@@H](N2C(=O)c3ccccc3C2=O)CC[C@H]2C[C@@H]21.CCN1C(=O)[C@@H](N2C(=O)c3ccccc3C2=O)CC[C@H]2[C@@H]1C2(Br)Br. The van der Waals surface area contributed by atoms with E-state index in [0.29, 0.717) is 132 Å². The van der Waals surface area contributed by atoms with Crippen LogP contribution in [0.3, 0.4) is 0 Å². The highest BCUT2D eigenvalue weighted by Crippen LogP contribution is 2.63. The summed E-state index contributed by atoms with van der Waals surface area (Å²) >= 11 is 14.6. The van der Waals surface area contributed by atoms with Gasteiger partial charge in [0.05, 0.1) is 56.6 Å². The fraction of sp³-hybridized carbons (Fsp3) is 0.471. The zero-order valence-corrected chi connectivity index (χ0v) is 57.4. The molecule has 4 aromatic rings. The first kappa shape index (κ1) is 64.0. The number of hydrogen-bond donors (Lipinski definition) is 0. The van der Waals surface area contributed by atoms with Gasteiger partial charge in [0.2, 0.25) is 23.6 Å². The molecule has 4 saturated heterocycles. The highest BCUT2D eigenvalue weighted by molar-refractivity contribution is 9.26. The quantitative estimate of drug-likeness (QED) is 0.119. The Bertz CT molecular complexity index is 3490. The number of imide groups is 4. The number of amides is 12. The van der Waals surface area contributed by atoms with E-state index in [2.05, 4.69) is 63.7 Å². The van der Waals surface area contributed by atoms with Gasteiger partial charge in [-0.3, -0.25) is 77.1 Å². The first-order valence-electron chi connectivity index (χ1n) is 31.9. The van der Waals surface area contributed by atoms with Gasteiger partial charge in [-0.2, -0.15) is 0 Å². The van der Waals surface area contributed by atoms with Crippen molar-refractivity contribution in [2.75, 3.05) is 26.2 Å². The van der Waals surface area contributed by atoms with Crippen molar-refractivity contribution in [1.82, 2.24) is 39.2 Å².